The van der Waals surface area contributed by atoms with E-state index in [4.69, 9.17) is 0 Å². The van der Waals surface area contributed by atoms with Crippen LogP contribution in [-0.4, -0.2) is 38.8 Å². The number of rotatable bonds is 8. The summed E-state index contributed by atoms with van der Waals surface area (Å²) < 4.78 is 2.06. The quantitative estimate of drug-likeness (QED) is 0.407. The summed E-state index contributed by atoms with van der Waals surface area (Å²) in [7, 11) is 0. The van der Waals surface area contributed by atoms with Gasteiger partial charge in [-0.15, -0.1) is 10.2 Å². The summed E-state index contributed by atoms with van der Waals surface area (Å²) in [4.78, 5) is 26.3. The largest absolute Gasteiger partial charge is 0.312 e. The number of ketones is 1. The maximum absolute atomic E-state index is 12.7. The van der Waals surface area contributed by atoms with Gasteiger partial charge in [-0.3, -0.25) is 9.59 Å². The van der Waals surface area contributed by atoms with Gasteiger partial charge in [0.25, 0.3) is 0 Å². The lowest BCUT2D eigenvalue weighted by Gasteiger charge is -2.15. The Balaban J connectivity index is 1.39. The van der Waals surface area contributed by atoms with Gasteiger partial charge in [-0.1, -0.05) is 42.1 Å². The number of anilines is 1. The highest BCUT2D eigenvalue weighted by Crippen LogP contribution is 2.23. The van der Waals surface area contributed by atoms with Crippen molar-refractivity contribution in [3.05, 3.63) is 71.5 Å². The zero-order valence-corrected chi connectivity index (χ0v) is 17.8. The molecule has 0 aliphatic carbocycles. The average Bonchev–Trinajstić information content (AvgIpc) is 3.38. The van der Waals surface area contributed by atoms with Crippen LogP contribution in [0.25, 0.3) is 0 Å². The summed E-state index contributed by atoms with van der Waals surface area (Å²) in [5.74, 6) is 1.38. The molecule has 154 valence electrons. The molecular weight excluding hydrogens is 396 g/mol. The Morgan fingerprint density at radius 3 is 2.50 bits per heavy atom. The molecule has 0 N–H and O–H groups in total. The Hall–Kier alpha value is -2.93. The summed E-state index contributed by atoms with van der Waals surface area (Å²) in [5, 5.41) is 9.40. The van der Waals surface area contributed by atoms with Crippen molar-refractivity contribution >= 4 is 29.1 Å². The van der Waals surface area contributed by atoms with E-state index in [-0.39, 0.29) is 11.7 Å². The van der Waals surface area contributed by atoms with E-state index >= 15 is 0 Å². The van der Waals surface area contributed by atoms with Gasteiger partial charge in [0.2, 0.25) is 5.91 Å². The molecule has 2 heterocycles. The maximum Gasteiger partial charge on any atom is 0.227 e. The van der Waals surface area contributed by atoms with Crippen LogP contribution in [0.2, 0.25) is 0 Å². The van der Waals surface area contributed by atoms with Gasteiger partial charge in [-0.25, -0.2) is 0 Å². The van der Waals surface area contributed by atoms with Crippen LogP contribution in [0, 0.1) is 0 Å². The lowest BCUT2D eigenvalue weighted by Crippen LogP contribution is -2.23. The van der Waals surface area contributed by atoms with Crippen LogP contribution in [0.3, 0.4) is 0 Å². The molecule has 0 saturated carbocycles. The van der Waals surface area contributed by atoms with Gasteiger partial charge in [-0.2, -0.15) is 0 Å². The molecule has 4 rings (SSSR count). The summed E-state index contributed by atoms with van der Waals surface area (Å²) in [6.45, 7) is 3.56. The minimum absolute atomic E-state index is 0.0366. The van der Waals surface area contributed by atoms with Crippen LogP contribution in [0.1, 0.15) is 41.5 Å². The fourth-order valence-corrected chi connectivity index (χ4v) is 4.53. The number of Topliss-reactive ketones (excluding diaryl/α,β-unsaturated/α-hetero) is 1. The van der Waals surface area contributed by atoms with E-state index < -0.39 is 0 Å². The number of hydrogen-bond acceptors (Lipinski definition) is 5. The third-order valence-corrected chi connectivity index (χ3v) is 6.19. The predicted molar refractivity (Wildman–Crippen MR) is 118 cm³/mol. The highest BCUT2D eigenvalue weighted by molar-refractivity contribution is 7.99. The second-order valence-electron chi connectivity index (χ2n) is 7.21. The van der Waals surface area contributed by atoms with Crippen LogP contribution in [0.4, 0.5) is 5.69 Å². The van der Waals surface area contributed by atoms with Gasteiger partial charge in [0.1, 0.15) is 5.82 Å². The zero-order chi connectivity index (χ0) is 20.9. The molecule has 0 atom stereocenters. The molecule has 1 fully saturated rings. The van der Waals surface area contributed by atoms with Gasteiger partial charge in [0.05, 0.1) is 5.75 Å². The minimum atomic E-state index is 0.0366. The lowest BCUT2D eigenvalue weighted by atomic mass is 10.1. The van der Waals surface area contributed by atoms with Gasteiger partial charge >= 0.3 is 0 Å². The molecule has 0 spiro atoms. The van der Waals surface area contributed by atoms with Crippen molar-refractivity contribution in [3.8, 4) is 0 Å². The number of carbonyl (C=O) groups excluding carboxylic acids is 2. The first kappa shape index (κ1) is 20.3. The van der Waals surface area contributed by atoms with Crippen molar-refractivity contribution in [2.75, 3.05) is 17.2 Å². The molecule has 0 bridgehead atoms. The molecule has 3 aromatic rings. The van der Waals surface area contributed by atoms with E-state index in [0.29, 0.717) is 24.2 Å². The predicted octanol–water partition coefficient (Wildman–Crippen LogP) is 3.99. The van der Waals surface area contributed by atoms with E-state index in [1.54, 1.807) is 17.0 Å². The first-order valence-electron chi connectivity index (χ1n) is 10.2. The lowest BCUT2D eigenvalue weighted by molar-refractivity contribution is -0.117. The third-order valence-electron chi connectivity index (χ3n) is 5.22. The molecule has 1 amide bonds. The fraction of sp³-hybridized carbons (Fsp3) is 0.304. The number of benzene rings is 2. The number of nitrogens with zero attached hydrogens (tertiary/aromatic N) is 4. The Morgan fingerprint density at radius 2 is 1.83 bits per heavy atom. The highest BCUT2D eigenvalue weighted by atomic mass is 32.2. The fourth-order valence-electron chi connectivity index (χ4n) is 3.61. The monoisotopic (exact) mass is 420 g/mol. The number of aromatic nitrogens is 3. The Kier molecular flexibility index (Phi) is 6.28. The third kappa shape index (κ3) is 4.46. The van der Waals surface area contributed by atoms with E-state index in [1.165, 1.54) is 17.3 Å². The molecule has 30 heavy (non-hydrogen) atoms. The molecule has 6 nitrogen and oxygen atoms in total. The number of amides is 1. The van der Waals surface area contributed by atoms with Crippen LogP contribution >= 0.6 is 11.8 Å². The minimum Gasteiger partial charge on any atom is -0.312 e. The summed E-state index contributed by atoms with van der Waals surface area (Å²) in [6.07, 6.45) is 2.20. The van der Waals surface area contributed by atoms with Gasteiger partial charge in [0, 0.05) is 37.2 Å². The average molecular weight is 421 g/mol. The highest BCUT2D eigenvalue weighted by Gasteiger charge is 2.22. The Labute approximate surface area is 180 Å². The van der Waals surface area contributed by atoms with Crippen molar-refractivity contribution < 1.29 is 9.59 Å². The molecule has 1 aliphatic heterocycles. The van der Waals surface area contributed by atoms with E-state index in [1.807, 2.05) is 30.3 Å². The first-order valence-corrected chi connectivity index (χ1v) is 11.2. The van der Waals surface area contributed by atoms with Crippen LogP contribution in [0.15, 0.2) is 59.8 Å². The second kappa shape index (κ2) is 9.26. The normalized spacial score (nSPS) is 13.8. The van der Waals surface area contributed by atoms with Gasteiger partial charge in [0.15, 0.2) is 10.9 Å². The van der Waals surface area contributed by atoms with Crippen molar-refractivity contribution in [2.24, 2.45) is 0 Å². The van der Waals surface area contributed by atoms with Gasteiger partial charge < -0.3 is 9.47 Å². The molecule has 1 aromatic heterocycles. The van der Waals surface area contributed by atoms with Crippen molar-refractivity contribution in [1.29, 1.82) is 0 Å². The molecule has 1 saturated heterocycles. The number of carbonyl (C=O) groups is 2. The molecule has 1 aliphatic rings. The molecule has 7 heteroatoms. The summed E-state index contributed by atoms with van der Waals surface area (Å²) >= 11 is 1.41. The first-order chi connectivity index (χ1) is 14.7. The van der Waals surface area contributed by atoms with E-state index in [9.17, 15) is 9.59 Å². The van der Waals surface area contributed by atoms with Crippen molar-refractivity contribution in [2.45, 2.75) is 37.9 Å². The molecule has 0 unspecified atom stereocenters. The summed E-state index contributed by atoms with van der Waals surface area (Å²) in [5.41, 5.74) is 2.69. The van der Waals surface area contributed by atoms with E-state index in [0.717, 1.165) is 36.2 Å². The number of thioether (sulfide) groups is 1. The maximum atomic E-state index is 12.7. The number of hydrogen-bond donors (Lipinski definition) is 0. The zero-order valence-electron chi connectivity index (χ0n) is 17.0. The van der Waals surface area contributed by atoms with Crippen molar-refractivity contribution in [1.82, 2.24) is 14.8 Å². The van der Waals surface area contributed by atoms with Gasteiger partial charge in [-0.05, 0) is 43.2 Å². The van der Waals surface area contributed by atoms with Crippen LogP contribution in [0.5, 0.6) is 0 Å². The Bertz CT molecular complexity index is 1030. The van der Waals surface area contributed by atoms with Crippen LogP contribution in [-0.2, 0) is 17.8 Å². The molecule has 0 radical (unpaired) electrons. The SMILES string of the molecule is CCn1c(Cc2ccccc2)nnc1SCC(=O)c1ccc(N2CCCC2=O)cc1. The topological polar surface area (TPSA) is 68.1 Å². The standard InChI is InChI=1S/C23H24N4O2S/c1-2-26-21(15-17-7-4-3-5-8-17)24-25-23(26)30-16-20(28)18-10-12-19(13-11-18)27-14-6-9-22(27)29/h3-5,7-8,10-13H,2,6,9,14-16H2,1H3. The summed E-state index contributed by atoms with van der Waals surface area (Å²) in [6, 6.07) is 17.5. The smallest absolute Gasteiger partial charge is 0.227 e. The molecular formula is C23H24N4O2S. The van der Waals surface area contributed by atoms with Crippen LogP contribution < -0.4 is 4.90 Å². The van der Waals surface area contributed by atoms with E-state index in [2.05, 4.69) is 33.8 Å². The second-order valence-corrected chi connectivity index (χ2v) is 8.16. The molecule has 2 aromatic carbocycles. The van der Waals surface area contributed by atoms with Crippen molar-refractivity contribution in [3.63, 3.8) is 0 Å². The Morgan fingerprint density at radius 1 is 1.07 bits per heavy atom.